The van der Waals surface area contributed by atoms with E-state index in [0.717, 1.165) is 5.39 Å². The number of pyridine rings is 1. The van der Waals surface area contributed by atoms with E-state index in [4.69, 9.17) is 0 Å². The van der Waals surface area contributed by atoms with Gasteiger partial charge in [0.2, 0.25) is 0 Å². The van der Waals surface area contributed by atoms with Gasteiger partial charge in [-0.05, 0) is 12.1 Å². The van der Waals surface area contributed by atoms with Crippen LogP contribution in [0.5, 0.6) is 0 Å². The van der Waals surface area contributed by atoms with Crippen LogP contribution in [-0.2, 0) is 6.18 Å². The normalized spacial score (nSPS) is 16.6. The maximum atomic E-state index is 13.2. The lowest BCUT2D eigenvalue weighted by atomic mass is 10.1. The Morgan fingerprint density at radius 2 is 1.80 bits per heavy atom. The summed E-state index contributed by atoms with van der Waals surface area (Å²) in [6.45, 7) is 2.49. The van der Waals surface area contributed by atoms with Crippen molar-refractivity contribution in [1.82, 2.24) is 10.3 Å². The number of benzene rings is 1. The van der Waals surface area contributed by atoms with Gasteiger partial charge in [-0.25, -0.2) is 4.98 Å². The third kappa shape index (κ3) is 2.43. The number of para-hydroxylation sites is 1. The van der Waals surface area contributed by atoms with Gasteiger partial charge >= 0.3 is 6.18 Å². The summed E-state index contributed by atoms with van der Waals surface area (Å²) >= 11 is 0. The SMILES string of the molecule is FC(F)(F)c1nc2ccccc2cc1N1CCNCC1. The third-order valence-corrected chi connectivity index (χ3v) is 3.43. The summed E-state index contributed by atoms with van der Waals surface area (Å²) in [6.07, 6.45) is -4.44. The summed E-state index contributed by atoms with van der Waals surface area (Å²) in [5, 5.41) is 3.87. The van der Waals surface area contributed by atoms with Gasteiger partial charge in [-0.15, -0.1) is 0 Å². The summed E-state index contributed by atoms with van der Waals surface area (Å²) in [6, 6.07) is 8.48. The highest BCUT2D eigenvalue weighted by atomic mass is 19.4. The minimum absolute atomic E-state index is 0.178. The Balaban J connectivity index is 2.16. The summed E-state index contributed by atoms with van der Waals surface area (Å²) in [7, 11) is 0. The second-order valence-corrected chi connectivity index (χ2v) is 4.78. The van der Waals surface area contributed by atoms with Gasteiger partial charge in [0, 0.05) is 31.6 Å². The minimum Gasteiger partial charge on any atom is -0.367 e. The maximum Gasteiger partial charge on any atom is 0.435 e. The highest BCUT2D eigenvalue weighted by Crippen LogP contribution is 2.37. The molecule has 0 amide bonds. The van der Waals surface area contributed by atoms with Gasteiger partial charge in [-0.3, -0.25) is 0 Å². The van der Waals surface area contributed by atoms with Gasteiger partial charge in [-0.2, -0.15) is 13.2 Å². The van der Waals surface area contributed by atoms with Gasteiger partial charge in [0.05, 0.1) is 11.2 Å². The minimum atomic E-state index is -4.44. The molecule has 0 aliphatic carbocycles. The Kier molecular flexibility index (Phi) is 3.25. The molecule has 3 nitrogen and oxygen atoms in total. The first-order valence-corrected chi connectivity index (χ1v) is 6.48. The van der Waals surface area contributed by atoms with Crippen LogP contribution in [-0.4, -0.2) is 31.2 Å². The molecule has 1 aliphatic rings. The summed E-state index contributed by atoms with van der Waals surface area (Å²) in [4.78, 5) is 5.58. The molecule has 106 valence electrons. The van der Waals surface area contributed by atoms with Crippen molar-refractivity contribution >= 4 is 16.6 Å². The fourth-order valence-corrected chi connectivity index (χ4v) is 2.46. The first-order valence-electron chi connectivity index (χ1n) is 6.48. The molecule has 0 radical (unpaired) electrons. The van der Waals surface area contributed by atoms with Gasteiger partial charge in [0.25, 0.3) is 0 Å². The lowest BCUT2D eigenvalue weighted by molar-refractivity contribution is -0.140. The molecule has 1 N–H and O–H groups in total. The van der Waals surface area contributed by atoms with Crippen molar-refractivity contribution in [2.24, 2.45) is 0 Å². The molecule has 0 unspecified atom stereocenters. The molecule has 1 fully saturated rings. The van der Waals surface area contributed by atoms with E-state index in [1.807, 2.05) is 0 Å². The molecule has 1 aliphatic heterocycles. The van der Waals surface area contributed by atoms with E-state index in [1.54, 1.807) is 35.2 Å². The lowest BCUT2D eigenvalue weighted by Gasteiger charge is -2.31. The molecule has 1 saturated heterocycles. The van der Waals surface area contributed by atoms with E-state index in [2.05, 4.69) is 10.3 Å². The number of hydrogen-bond acceptors (Lipinski definition) is 3. The van der Waals surface area contributed by atoms with Crippen LogP contribution in [0.4, 0.5) is 18.9 Å². The van der Waals surface area contributed by atoms with Crippen LogP contribution < -0.4 is 10.2 Å². The molecule has 0 saturated carbocycles. The number of piperazine rings is 1. The first kappa shape index (κ1) is 13.2. The highest BCUT2D eigenvalue weighted by Gasteiger charge is 2.37. The Bertz CT molecular complexity index is 619. The number of nitrogens with zero attached hydrogens (tertiary/aromatic N) is 2. The van der Waals surface area contributed by atoms with E-state index in [1.165, 1.54) is 0 Å². The number of hydrogen-bond donors (Lipinski definition) is 1. The Morgan fingerprint density at radius 1 is 1.10 bits per heavy atom. The van der Waals surface area contributed by atoms with E-state index in [0.29, 0.717) is 31.7 Å². The van der Waals surface area contributed by atoms with Crippen molar-refractivity contribution in [3.8, 4) is 0 Å². The van der Waals surface area contributed by atoms with Crippen molar-refractivity contribution in [1.29, 1.82) is 0 Å². The van der Waals surface area contributed by atoms with Gasteiger partial charge in [-0.1, -0.05) is 18.2 Å². The Hall–Kier alpha value is -1.82. The van der Waals surface area contributed by atoms with Crippen LogP contribution in [0.25, 0.3) is 10.9 Å². The quantitative estimate of drug-likeness (QED) is 0.871. The number of rotatable bonds is 1. The molecule has 6 heteroatoms. The molecule has 3 rings (SSSR count). The van der Waals surface area contributed by atoms with Crippen LogP contribution in [0, 0.1) is 0 Å². The van der Waals surface area contributed by atoms with E-state index in [9.17, 15) is 13.2 Å². The molecule has 2 heterocycles. The molecule has 20 heavy (non-hydrogen) atoms. The molecular weight excluding hydrogens is 267 g/mol. The number of nitrogens with one attached hydrogen (secondary N) is 1. The monoisotopic (exact) mass is 281 g/mol. The van der Waals surface area contributed by atoms with Crippen molar-refractivity contribution in [3.63, 3.8) is 0 Å². The average Bonchev–Trinajstić information content (AvgIpc) is 2.46. The van der Waals surface area contributed by atoms with Crippen molar-refractivity contribution in [2.75, 3.05) is 31.1 Å². The largest absolute Gasteiger partial charge is 0.435 e. The van der Waals surface area contributed by atoms with Crippen LogP contribution >= 0.6 is 0 Å². The molecule has 1 aromatic heterocycles. The predicted molar refractivity (Wildman–Crippen MR) is 71.8 cm³/mol. The third-order valence-electron chi connectivity index (χ3n) is 3.43. The Morgan fingerprint density at radius 3 is 2.50 bits per heavy atom. The zero-order chi connectivity index (χ0) is 14.2. The number of alkyl halides is 3. The standard InChI is InChI=1S/C14H14F3N3/c15-14(16,17)13-12(20-7-5-18-6-8-20)9-10-3-1-2-4-11(10)19-13/h1-4,9,18H,5-8H2. The van der Waals surface area contributed by atoms with Crippen molar-refractivity contribution in [2.45, 2.75) is 6.18 Å². The predicted octanol–water partition coefficient (Wildman–Crippen LogP) is 2.66. The van der Waals surface area contributed by atoms with E-state index >= 15 is 0 Å². The zero-order valence-electron chi connectivity index (χ0n) is 10.7. The van der Waals surface area contributed by atoms with Crippen LogP contribution in [0.15, 0.2) is 30.3 Å². The topological polar surface area (TPSA) is 28.2 Å². The van der Waals surface area contributed by atoms with Gasteiger partial charge < -0.3 is 10.2 Å². The molecule has 1 aromatic carbocycles. The molecular formula is C14H14F3N3. The Labute approximate surface area is 114 Å². The van der Waals surface area contributed by atoms with Crippen LogP contribution in [0.3, 0.4) is 0 Å². The smallest absolute Gasteiger partial charge is 0.367 e. The van der Waals surface area contributed by atoms with Crippen molar-refractivity contribution in [3.05, 3.63) is 36.0 Å². The van der Waals surface area contributed by atoms with Crippen molar-refractivity contribution < 1.29 is 13.2 Å². The van der Waals surface area contributed by atoms with Gasteiger partial charge in [0.1, 0.15) is 0 Å². The first-order chi connectivity index (χ1) is 9.55. The molecule has 0 bridgehead atoms. The number of anilines is 1. The fraction of sp³-hybridized carbons (Fsp3) is 0.357. The lowest BCUT2D eigenvalue weighted by Crippen LogP contribution is -2.44. The molecule has 2 aromatic rings. The average molecular weight is 281 g/mol. The number of aromatic nitrogens is 1. The highest BCUT2D eigenvalue weighted by molar-refractivity contribution is 5.83. The fourth-order valence-electron chi connectivity index (χ4n) is 2.46. The molecule has 0 spiro atoms. The number of fused-ring (bicyclic) bond motifs is 1. The molecule has 0 atom stereocenters. The van der Waals surface area contributed by atoms with E-state index < -0.39 is 11.9 Å². The summed E-state index contributed by atoms with van der Waals surface area (Å²) in [5.74, 6) is 0. The second kappa shape index (κ2) is 4.94. The van der Waals surface area contributed by atoms with Crippen LogP contribution in [0.2, 0.25) is 0 Å². The summed E-state index contributed by atoms with van der Waals surface area (Å²) < 4.78 is 39.7. The van der Waals surface area contributed by atoms with E-state index in [-0.39, 0.29) is 5.69 Å². The van der Waals surface area contributed by atoms with Crippen LogP contribution in [0.1, 0.15) is 5.69 Å². The maximum absolute atomic E-state index is 13.2. The zero-order valence-corrected chi connectivity index (χ0v) is 10.7. The summed E-state index contributed by atoms with van der Waals surface area (Å²) in [5.41, 5.74) is -0.241. The number of halogens is 3. The second-order valence-electron chi connectivity index (χ2n) is 4.78. The van der Waals surface area contributed by atoms with Gasteiger partial charge in [0.15, 0.2) is 5.69 Å².